The number of nitrogens with zero attached hydrogens (tertiary/aromatic N) is 1. The number of sulfonamides is 1. The van der Waals surface area contributed by atoms with E-state index < -0.39 is 22.0 Å². The number of anilines is 2. The average molecular weight is 419 g/mol. The van der Waals surface area contributed by atoms with Crippen molar-refractivity contribution in [3.8, 4) is 5.75 Å². The van der Waals surface area contributed by atoms with Crippen molar-refractivity contribution in [2.24, 2.45) is 0 Å². The Balaban J connectivity index is 2.16. The first-order chi connectivity index (χ1) is 13.8. The summed E-state index contributed by atoms with van der Waals surface area (Å²) in [4.78, 5) is 12.8. The molecular formula is C22H30N2O4S. The summed E-state index contributed by atoms with van der Waals surface area (Å²) in [6.45, 7) is 6.11. The molecule has 0 bridgehead atoms. The van der Waals surface area contributed by atoms with Gasteiger partial charge in [0.2, 0.25) is 15.9 Å². The van der Waals surface area contributed by atoms with Crippen LogP contribution in [0.2, 0.25) is 0 Å². The summed E-state index contributed by atoms with van der Waals surface area (Å²) >= 11 is 0. The van der Waals surface area contributed by atoms with Gasteiger partial charge in [0, 0.05) is 5.69 Å². The molecule has 1 N–H and O–H groups in total. The van der Waals surface area contributed by atoms with Gasteiger partial charge in [-0.25, -0.2) is 8.42 Å². The Morgan fingerprint density at radius 2 is 1.69 bits per heavy atom. The van der Waals surface area contributed by atoms with E-state index in [4.69, 9.17) is 4.74 Å². The first-order valence-electron chi connectivity index (χ1n) is 9.88. The predicted octanol–water partition coefficient (Wildman–Crippen LogP) is 4.22. The molecule has 2 aromatic rings. The number of hydrogen-bond acceptors (Lipinski definition) is 4. The molecule has 158 valence electrons. The van der Waals surface area contributed by atoms with Gasteiger partial charge in [-0.15, -0.1) is 0 Å². The number of ether oxygens (including phenoxy) is 1. The standard InChI is InChI=1S/C22H30N2O4S/c1-5-7-8-18-9-11-19(12-10-18)23-22(25)17(3)24(29(4,26)27)20-13-15-21(16-14-20)28-6-2/h9-17H,5-8H2,1-4H3,(H,23,25)/t17-/m1/s1. The zero-order valence-corrected chi connectivity index (χ0v) is 18.3. The molecule has 29 heavy (non-hydrogen) atoms. The molecule has 0 saturated heterocycles. The fourth-order valence-electron chi connectivity index (χ4n) is 3.05. The Morgan fingerprint density at radius 3 is 2.21 bits per heavy atom. The van der Waals surface area contributed by atoms with Crippen molar-refractivity contribution in [2.45, 2.75) is 46.1 Å². The second-order valence-electron chi connectivity index (χ2n) is 6.95. The molecule has 1 atom stereocenters. The van der Waals surface area contributed by atoms with Gasteiger partial charge >= 0.3 is 0 Å². The van der Waals surface area contributed by atoms with E-state index in [0.717, 1.165) is 29.8 Å². The average Bonchev–Trinajstić information content (AvgIpc) is 2.68. The van der Waals surface area contributed by atoms with Crippen molar-refractivity contribution >= 4 is 27.3 Å². The summed E-state index contributed by atoms with van der Waals surface area (Å²) in [6.07, 6.45) is 4.34. The van der Waals surface area contributed by atoms with Crippen LogP contribution in [0.1, 0.15) is 39.2 Å². The van der Waals surface area contributed by atoms with Crippen LogP contribution in [0, 0.1) is 0 Å². The highest BCUT2D eigenvalue weighted by molar-refractivity contribution is 7.92. The minimum Gasteiger partial charge on any atom is -0.494 e. The molecule has 0 spiro atoms. The van der Waals surface area contributed by atoms with Gasteiger partial charge in [0.1, 0.15) is 11.8 Å². The van der Waals surface area contributed by atoms with Crippen molar-refractivity contribution in [2.75, 3.05) is 22.5 Å². The monoisotopic (exact) mass is 418 g/mol. The smallest absolute Gasteiger partial charge is 0.247 e. The van der Waals surface area contributed by atoms with Crippen molar-refractivity contribution in [1.82, 2.24) is 0 Å². The van der Waals surface area contributed by atoms with Crippen LogP contribution in [0.3, 0.4) is 0 Å². The van der Waals surface area contributed by atoms with Crippen molar-refractivity contribution in [3.05, 3.63) is 54.1 Å². The molecule has 0 aliphatic heterocycles. The van der Waals surface area contributed by atoms with Crippen molar-refractivity contribution < 1.29 is 17.9 Å². The molecule has 7 heteroatoms. The van der Waals surface area contributed by atoms with Crippen LogP contribution in [0.5, 0.6) is 5.75 Å². The molecule has 0 aromatic heterocycles. The van der Waals surface area contributed by atoms with Crippen LogP contribution in [0.25, 0.3) is 0 Å². The third-order valence-electron chi connectivity index (χ3n) is 4.53. The van der Waals surface area contributed by atoms with Gasteiger partial charge in [-0.1, -0.05) is 25.5 Å². The Labute approximate surface area is 173 Å². The van der Waals surface area contributed by atoms with Crippen LogP contribution in [-0.2, 0) is 21.2 Å². The summed E-state index contributed by atoms with van der Waals surface area (Å²) < 4.78 is 31.3. The maximum Gasteiger partial charge on any atom is 0.247 e. The van der Waals surface area contributed by atoms with E-state index >= 15 is 0 Å². The number of carbonyl (C=O) groups excluding carboxylic acids is 1. The summed E-state index contributed by atoms with van der Waals surface area (Å²) in [5.74, 6) is 0.246. The van der Waals surface area contributed by atoms with Crippen molar-refractivity contribution in [1.29, 1.82) is 0 Å². The molecule has 0 heterocycles. The number of rotatable bonds is 10. The number of unbranched alkanes of at least 4 members (excludes halogenated alkanes) is 1. The maximum atomic E-state index is 12.8. The van der Waals surface area contributed by atoms with Gasteiger partial charge in [0.05, 0.1) is 18.6 Å². The highest BCUT2D eigenvalue weighted by Crippen LogP contribution is 2.24. The second kappa shape index (κ2) is 10.3. The molecular weight excluding hydrogens is 388 g/mol. The van der Waals surface area contributed by atoms with E-state index in [1.165, 1.54) is 5.56 Å². The van der Waals surface area contributed by atoms with Crippen LogP contribution < -0.4 is 14.4 Å². The molecule has 0 radical (unpaired) electrons. The summed E-state index contributed by atoms with van der Waals surface area (Å²) in [7, 11) is -3.66. The van der Waals surface area contributed by atoms with Gasteiger partial charge in [0.15, 0.2) is 0 Å². The second-order valence-corrected chi connectivity index (χ2v) is 8.81. The van der Waals surface area contributed by atoms with Crippen LogP contribution in [0.15, 0.2) is 48.5 Å². The van der Waals surface area contributed by atoms with E-state index in [-0.39, 0.29) is 0 Å². The molecule has 0 saturated carbocycles. The lowest BCUT2D eigenvalue weighted by molar-refractivity contribution is -0.116. The predicted molar refractivity (Wildman–Crippen MR) is 118 cm³/mol. The van der Waals surface area contributed by atoms with Crippen molar-refractivity contribution in [3.63, 3.8) is 0 Å². The zero-order chi connectivity index (χ0) is 21.4. The Hall–Kier alpha value is -2.54. The normalized spacial score (nSPS) is 12.3. The molecule has 2 aromatic carbocycles. The van der Waals surface area contributed by atoms with Crippen LogP contribution in [-0.4, -0.2) is 33.2 Å². The van der Waals surface area contributed by atoms with Gasteiger partial charge in [0.25, 0.3) is 0 Å². The fraction of sp³-hybridized carbons (Fsp3) is 0.409. The Bertz CT molecular complexity index is 893. The topological polar surface area (TPSA) is 75.7 Å². The van der Waals surface area contributed by atoms with E-state index in [9.17, 15) is 13.2 Å². The molecule has 0 aliphatic carbocycles. The minimum atomic E-state index is -3.66. The van der Waals surface area contributed by atoms with Gasteiger partial charge in [-0.3, -0.25) is 9.10 Å². The molecule has 0 unspecified atom stereocenters. The number of benzene rings is 2. The number of amides is 1. The highest BCUT2D eigenvalue weighted by atomic mass is 32.2. The number of carbonyl (C=O) groups is 1. The van der Waals surface area contributed by atoms with E-state index in [2.05, 4.69) is 12.2 Å². The van der Waals surface area contributed by atoms with Crippen LogP contribution in [0.4, 0.5) is 11.4 Å². The van der Waals surface area contributed by atoms with Gasteiger partial charge in [-0.2, -0.15) is 0 Å². The molecule has 2 rings (SSSR count). The third-order valence-corrected chi connectivity index (χ3v) is 5.77. The lowest BCUT2D eigenvalue weighted by Crippen LogP contribution is -2.45. The molecule has 0 aliphatic rings. The van der Waals surface area contributed by atoms with Gasteiger partial charge in [-0.05, 0) is 68.7 Å². The largest absolute Gasteiger partial charge is 0.494 e. The molecule has 0 fully saturated rings. The first-order valence-corrected chi connectivity index (χ1v) is 11.7. The fourth-order valence-corrected chi connectivity index (χ4v) is 4.22. The Morgan fingerprint density at radius 1 is 1.07 bits per heavy atom. The van der Waals surface area contributed by atoms with E-state index in [0.29, 0.717) is 23.7 Å². The number of hydrogen-bond donors (Lipinski definition) is 1. The summed E-state index contributed by atoms with van der Waals surface area (Å²) in [6, 6.07) is 13.4. The minimum absolute atomic E-state index is 0.398. The maximum absolute atomic E-state index is 12.8. The lowest BCUT2D eigenvalue weighted by atomic mass is 10.1. The third kappa shape index (κ3) is 6.49. The molecule has 6 nitrogen and oxygen atoms in total. The molecule has 1 amide bonds. The Kier molecular flexibility index (Phi) is 8.08. The zero-order valence-electron chi connectivity index (χ0n) is 17.5. The first kappa shape index (κ1) is 22.7. The summed E-state index contributed by atoms with van der Waals surface area (Å²) in [5, 5.41) is 2.81. The SMILES string of the molecule is CCCCc1ccc(NC(=O)[C@@H](C)N(c2ccc(OCC)cc2)S(C)(=O)=O)cc1. The summed E-state index contributed by atoms with van der Waals surface area (Å²) in [5.41, 5.74) is 2.26. The van der Waals surface area contributed by atoms with E-state index in [1.54, 1.807) is 31.2 Å². The quantitative estimate of drug-likeness (QED) is 0.627. The van der Waals surface area contributed by atoms with E-state index in [1.807, 2.05) is 31.2 Å². The van der Waals surface area contributed by atoms with Crippen LogP contribution >= 0.6 is 0 Å². The van der Waals surface area contributed by atoms with Gasteiger partial charge < -0.3 is 10.1 Å². The lowest BCUT2D eigenvalue weighted by Gasteiger charge is -2.28. The highest BCUT2D eigenvalue weighted by Gasteiger charge is 2.29. The number of aryl methyl sites for hydroxylation is 1. The number of nitrogens with one attached hydrogen (secondary N) is 1.